The van der Waals surface area contributed by atoms with Crippen LogP contribution < -0.4 is 10.0 Å². The molecule has 0 saturated carbocycles. The van der Waals surface area contributed by atoms with Gasteiger partial charge in [-0.1, -0.05) is 18.6 Å². The molecule has 2 aliphatic rings. The van der Waals surface area contributed by atoms with Gasteiger partial charge in [0.25, 0.3) is 0 Å². The van der Waals surface area contributed by atoms with Crippen LogP contribution in [0, 0.1) is 5.21 Å². The molecular weight excluding hydrogens is 298 g/mol. The summed E-state index contributed by atoms with van der Waals surface area (Å²) in [5.41, 5.74) is 3.70. The average Bonchev–Trinajstić information content (AvgIpc) is 3.06. The van der Waals surface area contributed by atoms with Crippen molar-refractivity contribution < 1.29 is 4.73 Å². The van der Waals surface area contributed by atoms with E-state index in [1.165, 1.54) is 56.6 Å². The number of rotatable bonds is 4. The van der Waals surface area contributed by atoms with E-state index in [0.29, 0.717) is 6.04 Å². The zero-order valence-corrected chi connectivity index (χ0v) is 14.0. The maximum atomic E-state index is 11.1. The van der Waals surface area contributed by atoms with Gasteiger partial charge in [0, 0.05) is 36.4 Å². The third kappa shape index (κ3) is 3.24. The van der Waals surface area contributed by atoms with Crippen LogP contribution in [0.15, 0.2) is 48.8 Å². The number of pyridine rings is 1. The Kier molecular flexibility index (Phi) is 4.39. The molecule has 2 fully saturated rings. The molecule has 24 heavy (non-hydrogen) atoms. The van der Waals surface area contributed by atoms with Crippen LogP contribution in [0.5, 0.6) is 0 Å². The summed E-state index contributed by atoms with van der Waals surface area (Å²) in [6.07, 6.45) is 9.88. The van der Waals surface area contributed by atoms with Crippen LogP contribution in [0.1, 0.15) is 49.3 Å². The molecular formula is C20H25N3O. The lowest BCUT2D eigenvalue weighted by Gasteiger charge is -2.34. The third-order valence-electron chi connectivity index (χ3n) is 5.51. The van der Waals surface area contributed by atoms with Crippen molar-refractivity contribution in [3.05, 3.63) is 65.1 Å². The lowest BCUT2D eigenvalue weighted by atomic mass is 10.0. The summed E-state index contributed by atoms with van der Waals surface area (Å²) in [5.74, 6) is 0. The monoisotopic (exact) mass is 323 g/mol. The van der Waals surface area contributed by atoms with Gasteiger partial charge in [-0.05, 0) is 55.5 Å². The number of anilines is 1. The maximum Gasteiger partial charge on any atom is 0.180 e. The topological polar surface area (TPSA) is 42.2 Å². The van der Waals surface area contributed by atoms with E-state index in [4.69, 9.17) is 0 Å². The summed E-state index contributed by atoms with van der Waals surface area (Å²) < 4.78 is 0.813. The lowest BCUT2D eigenvalue weighted by Crippen LogP contribution is -2.35. The van der Waals surface area contributed by atoms with Crippen molar-refractivity contribution in [2.75, 3.05) is 11.9 Å². The lowest BCUT2D eigenvalue weighted by molar-refractivity contribution is -0.605. The van der Waals surface area contributed by atoms with Gasteiger partial charge in [-0.25, -0.2) is 0 Å². The number of nitrogens with zero attached hydrogens (tertiary/aromatic N) is 2. The van der Waals surface area contributed by atoms with E-state index in [2.05, 4.69) is 34.5 Å². The number of hydrogen-bond acceptors (Lipinski definition) is 3. The first-order valence-corrected chi connectivity index (χ1v) is 9.07. The molecule has 2 atom stereocenters. The first-order valence-electron chi connectivity index (χ1n) is 9.07. The van der Waals surface area contributed by atoms with E-state index in [9.17, 15) is 5.21 Å². The second-order valence-corrected chi connectivity index (χ2v) is 7.02. The molecule has 0 amide bonds. The molecule has 1 aromatic heterocycles. The second-order valence-electron chi connectivity index (χ2n) is 7.02. The largest absolute Gasteiger partial charge is 0.619 e. The molecule has 2 aromatic rings. The van der Waals surface area contributed by atoms with Crippen LogP contribution in [0.3, 0.4) is 0 Å². The number of piperidine rings is 1. The maximum absolute atomic E-state index is 11.1. The van der Waals surface area contributed by atoms with E-state index in [1.54, 1.807) is 0 Å². The van der Waals surface area contributed by atoms with Crippen molar-refractivity contribution in [1.29, 1.82) is 0 Å². The first-order chi connectivity index (χ1) is 11.8. The van der Waals surface area contributed by atoms with Crippen molar-refractivity contribution in [3.63, 3.8) is 0 Å². The third-order valence-corrected chi connectivity index (χ3v) is 5.51. The molecule has 1 aromatic carbocycles. The zero-order chi connectivity index (χ0) is 16.4. The molecule has 0 spiro atoms. The summed E-state index contributed by atoms with van der Waals surface area (Å²) in [7, 11) is 0. The first kappa shape index (κ1) is 15.5. The zero-order valence-electron chi connectivity index (χ0n) is 14.0. The van der Waals surface area contributed by atoms with Crippen LogP contribution in [0.25, 0.3) is 0 Å². The van der Waals surface area contributed by atoms with Gasteiger partial charge in [0.2, 0.25) is 0 Å². The average molecular weight is 323 g/mol. The molecule has 2 saturated heterocycles. The summed E-state index contributed by atoms with van der Waals surface area (Å²) in [4.78, 5) is 2.73. The van der Waals surface area contributed by atoms with E-state index in [-0.39, 0.29) is 0 Å². The van der Waals surface area contributed by atoms with Crippen molar-refractivity contribution in [3.8, 4) is 0 Å². The second kappa shape index (κ2) is 6.81. The Balaban J connectivity index is 1.38. The molecule has 0 radical (unpaired) electrons. The van der Waals surface area contributed by atoms with Gasteiger partial charge < -0.3 is 10.5 Å². The molecule has 0 aliphatic carbocycles. The van der Waals surface area contributed by atoms with Gasteiger partial charge in [-0.2, -0.15) is 4.73 Å². The minimum Gasteiger partial charge on any atom is -0.619 e. The minimum absolute atomic E-state index is 0.617. The Hall–Kier alpha value is -2.07. The molecule has 4 heteroatoms. The van der Waals surface area contributed by atoms with Crippen LogP contribution >= 0.6 is 0 Å². The smallest absolute Gasteiger partial charge is 0.180 e. The van der Waals surface area contributed by atoms with Gasteiger partial charge in [-0.3, -0.25) is 4.90 Å². The molecule has 3 heterocycles. The fourth-order valence-electron chi connectivity index (χ4n) is 4.21. The highest BCUT2D eigenvalue weighted by molar-refractivity contribution is 5.45. The molecule has 0 unspecified atom stereocenters. The predicted molar refractivity (Wildman–Crippen MR) is 95.5 cm³/mol. The van der Waals surface area contributed by atoms with Gasteiger partial charge in [-0.15, -0.1) is 0 Å². The van der Waals surface area contributed by atoms with E-state index in [0.717, 1.165) is 28.6 Å². The van der Waals surface area contributed by atoms with Gasteiger partial charge in [0.15, 0.2) is 12.4 Å². The summed E-state index contributed by atoms with van der Waals surface area (Å²) in [6.45, 7) is 2.00. The predicted octanol–water partition coefficient (Wildman–Crippen LogP) is 3.62. The van der Waals surface area contributed by atoms with Crippen LogP contribution in [-0.4, -0.2) is 17.5 Å². The van der Waals surface area contributed by atoms with Gasteiger partial charge >= 0.3 is 0 Å². The van der Waals surface area contributed by atoms with Crippen molar-refractivity contribution in [2.45, 2.75) is 50.7 Å². The molecule has 1 N–H and O–H groups in total. The van der Waals surface area contributed by atoms with Crippen LogP contribution in [0.2, 0.25) is 0 Å². The summed E-state index contributed by atoms with van der Waals surface area (Å²) >= 11 is 0. The molecule has 2 aliphatic heterocycles. The van der Waals surface area contributed by atoms with Gasteiger partial charge in [0.1, 0.15) is 0 Å². The van der Waals surface area contributed by atoms with Crippen molar-refractivity contribution in [1.82, 2.24) is 4.90 Å². The summed E-state index contributed by atoms with van der Waals surface area (Å²) in [6, 6.07) is 14.1. The Morgan fingerprint density at radius 2 is 1.79 bits per heavy atom. The Morgan fingerprint density at radius 1 is 1.00 bits per heavy atom. The number of hydrogen-bond donors (Lipinski definition) is 1. The minimum atomic E-state index is 0.617. The number of fused-ring (bicyclic) bond motifs is 1. The SMILES string of the molecule is [O-][n+]1ccc(CNc2ccc([C@H]3CC[C@H]4CCCCN43)cc2)cc1. The normalized spacial score (nSPS) is 23.8. The van der Waals surface area contributed by atoms with Crippen molar-refractivity contribution >= 4 is 5.69 Å². The van der Waals surface area contributed by atoms with Gasteiger partial charge in [0.05, 0.1) is 0 Å². The Labute approximate surface area is 143 Å². The van der Waals surface area contributed by atoms with Crippen LogP contribution in [-0.2, 0) is 6.54 Å². The Morgan fingerprint density at radius 3 is 2.58 bits per heavy atom. The standard InChI is InChI=1S/C20H25N3O/c24-22-13-10-16(11-14-22)15-21-18-6-4-17(5-7-18)20-9-8-19-3-1-2-12-23(19)20/h4-7,10-11,13-14,19-21H,1-3,8-9,12,15H2/t19-,20-/m1/s1. The molecule has 126 valence electrons. The fourth-order valence-corrected chi connectivity index (χ4v) is 4.21. The molecule has 4 nitrogen and oxygen atoms in total. The van der Waals surface area contributed by atoms with E-state index >= 15 is 0 Å². The van der Waals surface area contributed by atoms with E-state index < -0.39 is 0 Å². The highest BCUT2D eigenvalue weighted by atomic mass is 16.5. The Bertz CT molecular complexity index is 668. The number of aromatic nitrogens is 1. The molecule has 0 bridgehead atoms. The van der Waals surface area contributed by atoms with Crippen LogP contribution in [0.4, 0.5) is 5.69 Å². The quantitative estimate of drug-likeness (QED) is 0.690. The highest BCUT2D eigenvalue weighted by Gasteiger charge is 2.35. The number of nitrogens with one attached hydrogen (secondary N) is 1. The number of benzene rings is 1. The summed E-state index contributed by atoms with van der Waals surface area (Å²) in [5, 5.41) is 14.5. The molecule has 4 rings (SSSR count). The fraction of sp³-hybridized carbons (Fsp3) is 0.450. The highest BCUT2D eigenvalue weighted by Crippen LogP contribution is 2.40. The van der Waals surface area contributed by atoms with E-state index in [1.807, 2.05) is 12.1 Å². The van der Waals surface area contributed by atoms with Crippen molar-refractivity contribution in [2.24, 2.45) is 0 Å².